The van der Waals surface area contributed by atoms with E-state index in [9.17, 15) is 23.3 Å². The molecule has 2 rings (SSSR count). The van der Waals surface area contributed by atoms with Gasteiger partial charge in [-0.2, -0.15) is 0 Å². The molecule has 0 aliphatic rings. The third kappa shape index (κ3) is 5.93. The zero-order chi connectivity index (χ0) is 20.9. The van der Waals surface area contributed by atoms with Crippen molar-refractivity contribution in [2.45, 2.75) is 19.8 Å². The Morgan fingerprint density at radius 1 is 1.25 bits per heavy atom. The lowest BCUT2D eigenvalue weighted by molar-refractivity contribution is -0.384. The number of aryl methyl sites for hydroxylation is 1. The van der Waals surface area contributed by atoms with Gasteiger partial charge in [-0.3, -0.25) is 19.2 Å². The largest absolute Gasteiger partial charge is 0.326 e. The molecule has 0 bridgehead atoms. The van der Waals surface area contributed by atoms with Crippen LogP contribution in [-0.2, 0) is 14.8 Å². The number of amides is 1. The number of hydrogen-bond acceptors (Lipinski definition) is 5. The Kier molecular flexibility index (Phi) is 6.98. The maximum Gasteiger partial charge on any atom is 0.271 e. The maximum absolute atomic E-state index is 12.2. The van der Waals surface area contributed by atoms with E-state index in [1.165, 1.54) is 22.5 Å². The van der Waals surface area contributed by atoms with Crippen molar-refractivity contribution in [2.75, 3.05) is 22.4 Å². The summed E-state index contributed by atoms with van der Waals surface area (Å²) in [5.74, 6) is -0.358. The molecule has 0 saturated carbocycles. The lowest BCUT2D eigenvalue weighted by Crippen LogP contribution is -2.31. The van der Waals surface area contributed by atoms with Crippen molar-refractivity contribution >= 4 is 44.6 Å². The van der Waals surface area contributed by atoms with Gasteiger partial charge in [-0.15, -0.1) is 0 Å². The highest BCUT2D eigenvalue weighted by atomic mass is 35.5. The first-order chi connectivity index (χ1) is 13.1. The Hall–Kier alpha value is -2.65. The smallest absolute Gasteiger partial charge is 0.271 e. The second-order valence-electron chi connectivity index (χ2n) is 6.22. The average molecular weight is 426 g/mol. The van der Waals surface area contributed by atoms with Crippen LogP contribution in [0.25, 0.3) is 0 Å². The van der Waals surface area contributed by atoms with Crippen LogP contribution in [0.3, 0.4) is 0 Å². The Morgan fingerprint density at radius 2 is 1.96 bits per heavy atom. The standard InChI is InChI=1S/C18H20ClN3O5S/c1-13-8-9-16(22(24)25)12-17(13)20-18(23)7-4-10-21(28(2,26)27)15-6-3-5-14(19)11-15/h3,5-6,8-9,11-12H,4,7,10H2,1-2H3,(H,20,23). The molecule has 10 heteroatoms. The van der Waals surface area contributed by atoms with Gasteiger partial charge < -0.3 is 5.32 Å². The number of nitro benzene ring substituents is 1. The second-order valence-corrected chi connectivity index (χ2v) is 8.57. The molecule has 28 heavy (non-hydrogen) atoms. The van der Waals surface area contributed by atoms with Crippen LogP contribution in [0.4, 0.5) is 17.1 Å². The molecule has 0 spiro atoms. The number of sulfonamides is 1. The average Bonchev–Trinajstić information content (AvgIpc) is 2.59. The molecule has 0 aliphatic heterocycles. The van der Waals surface area contributed by atoms with Gasteiger partial charge in [0.05, 0.1) is 22.6 Å². The van der Waals surface area contributed by atoms with Crippen molar-refractivity contribution in [1.82, 2.24) is 0 Å². The number of rotatable bonds is 8. The predicted octanol–water partition coefficient (Wildman–Crippen LogP) is 3.74. The van der Waals surface area contributed by atoms with E-state index in [1.54, 1.807) is 31.2 Å². The lowest BCUT2D eigenvalue weighted by atomic mass is 10.1. The van der Waals surface area contributed by atoms with E-state index in [-0.39, 0.29) is 31.0 Å². The Bertz CT molecular complexity index is 994. The quantitative estimate of drug-likeness (QED) is 0.511. The van der Waals surface area contributed by atoms with Gasteiger partial charge in [0.2, 0.25) is 15.9 Å². The number of nitrogens with zero attached hydrogens (tertiary/aromatic N) is 2. The molecule has 1 N–H and O–H groups in total. The molecule has 2 aromatic rings. The van der Waals surface area contributed by atoms with Gasteiger partial charge in [-0.25, -0.2) is 8.42 Å². The molecular weight excluding hydrogens is 406 g/mol. The van der Waals surface area contributed by atoms with E-state index in [2.05, 4.69) is 5.32 Å². The highest BCUT2D eigenvalue weighted by Crippen LogP contribution is 2.23. The number of nitro groups is 1. The summed E-state index contributed by atoms with van der Waals surface area (Å²) in [5, 5.41) is 13.9. The molecular formula is C18H20ClN3O5S. The van der Waals surface area contributed by atoms with E-state index in [1.807, 2.05) is 0 Å². The Balaban J connectivity index is 2.02. The third-order valence-electron chi connectivity index (χ3n) is 3.97. The van der Waals surface area contributed by atoms with Crippen LogP contribution >= 0.6 is 11.6 Å². The van der Waals surface area contributed by atoms with Crippen molar-refractivity contribution in [3.8, 4) is 0 Å². The summed E-state index contributed by atoms with van der Waals surface area (Å²) in [7, 11) is -3.55. The molecule has 0 atom stereocenters. The monoisotopic (exact) mass is 425 g/mol. The van der Waals surface area contributed by atoms with Crippen LogP contribution in [-0.4, -0.2) is 32.0 Å². The first-order valence-electron chi connectivity index (χ1n) is 8.36. The molecule has 8 nitrogen and oxygen atoms in total. The third-order valence-corrected chi connectivity index (χ3v) is 5.40. The van der Waals surface area contributed by atoms with E-state index < -0.39 is 14.9 Å². The van der Waals surface area contributed by atoms with Crippen LogP contribution in [0, 0.1) is 17.0 Å². The van der Waals surface area contributed by atoms with Crippen LogP contribution in [0.2, 0.25) is 5.02 Å². The number of carbonyl (C=O) groups is 1. The molecule has 0 saturated heterocycles. The van der Waals surface area contributed by atoms with Crippen LogP contribution in [0.5, 0.6) is 0 Å². The lowest BCUT2D eigenvalue weighted by Gasteiger charge is -2.22. The van der Waals surface area contributed by atoms with E-state index >= 15 is 0 Å². The first-order valence-corrected chi connectivity index (χ1v) is 10.6. The summed E-state index contributed by atoms with van der Waals surface area (Å²) >= 11 is 5.93. The number of nitrogens with one attached hydrogen (secondary N) is 1. The molecule has 0 aromatic heterocycles. The zero-order valence-corrected chi connectivity index (χ0v) is 17.0. The van der Waals surface area contributed by atoms with Gasteiger partial charge >= 0.3 is 0 Å². The topological polar surface area (TPSA) is 110 Å². The molecule has 0 radical (unpaired) electrons. The highest BCUT2D eigenvalue weighted by molar-refractivity contribution is 7.92. The highest BCUT2D eigenvalue weighted by Gasteiger charge is 2.18. The number of anilines is 2. The van der Waals surface area contributed by atoms with E-state index in [0.717, 1.165) is 6.26 Å². The Morgan fingerprint density at radius 3 is 2.57 bits per heavy atom. The van der Waals surface area contributed by atoms with Crippen molar-refractivity contribution in [2.24, 2.45) is 0 Å². The molecule has 0 aliphatic carbocycles. The minimum absolute atomic E-state index is 0.0503. The van der Waals surface area contributed by atoms with Gasteiger partial charge in [0, 0.05) is 30.1 Å². The van der Waals surface area contributed by atoms with E-state index in [0.29, 0.717) is 22.0 Å². The number of non-ortho nitro benzene ring substituents is 1. The number of hydrogen-bond donors (Lipinski definition) is 1. The summed E-state index contributed by atoms with van der Waals surface area (Å²) in [6.45, 7) is 1.82. The van der Waals surface area contributed by atoms with Gasteiger partial charge in [0.25, 0.3) is 5.69 Å². The van der Waals surface area contributed by atoms with Crippen LogP contribution in [0.1, 0.15) is 18.4 Å². The van der Waals surface area contributed by atoms with Crippen LogP contribution in [0.15, 0.2) is 42.5 Å². The summed E-state index contributed by atoms with van der Waals surface area (Å²) in [6, 6.07) is 10.7. The minimum Gasteiger partial charge on any atom is -0.326 e. The molecule has 0 unspecified atom stereocenters. The first kappa shape index (κ1) is 21.6. The number of carbonyl (C=O) groups excluding carboxylic acids is 1. The summed E-state index contributed by atoms with van der Waals surface area (Å²) in [5.41, 5.74) is 1.35. The minimum atomic E-state index is -3.55. The fourth-order valence-electron chi connectivity index (χ4n) is 2.57. The summed E-state index contributed by atoms with van der Waals surface area (Å²) in [4.78, 5) is 22.5. The van der Waals surface area contributed by atoms with Crippen molar-refractivity contribution in [1.29, 1.82) is 0 Å². The van der Waals surface area contributed by atoms with Crippen LogP contribution < -0.4 is 9.62 Å². The molecule has 150 valence electrons. The van der Waals surface area contributed by atoms with Gasteiger partial charge in [0.15, 0.2) is 0 Å². The number of benzene rings is 2. The maximum atomic E-state index is 12.2. The fraction of sp³-hybridized carbons (Fsp3) is 0.278. The fourth-order valence-corrected chi connectivity index (χ4v) is 3.71. The SMILES string of the molecule is Cc1ccc([N+](=O)[O-])cc1NC(=O)CCCN(c1cccc(Cl)c1)S(C)(=O)=O. The van der Waals surface area contributed by atoms with Crippen molar-refractivity contribution in [3.05, 3.63) is 63.2 Å². The number of halogens is 1. The predicted molar refractivity (Wildman–Crippen MR) is 109 cm³/mol. The Labute approximate surface area is 168 Å². The van der Waals surface area contributed by atoms with Gasteiger partial charge in [-0.05, 0) is 37.1 Å². The van der Waals surface area contributed by atoms with Crippen molar-refractivity contribution in [3.63, 3.8) is 0 Å². The second kappa shape index (κ2) is 9.03. The molecule has 1 amide bonds. The normalized spacial score (nSPS) is 11.1. The summed E-state index contributed by atoms with van der Waals surface area (Å²) < 4.78 is 25.3. The molecule has 0 fully saturated rings. The zero-order valence-electron chi connectivity index (χ0n) is 15.4. The van der Waals surface area contributed by atoms with Gasteiger partial charge in [0.1, 0.15) is 0 Å². The molecule has 2 aromatic carbocycles. The van der Waals surface area contributed by atoms with Crippen molar-refractivity contribution < 1.29 is 18.1 Å². The van der Waals surface area contributed by atoms with E-state index in [4.69, 9.17) is 11.6 Å². The van der Waals surface area contributed by atoms with Gasteiger partial charge in [-0.1, -0.05) is 23.7 Å². The molecule has 0 heterocycles. The summed E-state index contributed by atoms with van der Waals surface area (Å²) in [6.07, 6.45) is 1.40.